The van der Waals surface area contributed by atoms with Gasteiger partial charge >= 0.3 is 0 Å². The van der Waals surface area contributed by atoms with Gasteiger partial charge in [0.15, 0.2) is 5.67 Å². The number of anilines is 4. The van der Waals surface area contributed by atoms with Gasteiger partial charge in [-0.2, -0.15) is 4.98 Å². The number of alkyl halides is 1. The van der Waals surface area contributed by atoms with Gasteiger partial charge in [-0.15, -0.1) is 0 Å². The van der Waals surface area contributed by atoms with E-state index in [1.165, 1.54) is 6.92 Å². The van der Waals surface area contributed by atoms with Crippen LogP contribution in [0.2, 0.25) is 0 Å². The van der Waals surface area contributed by atoms with Gasteiger partial charge in [0.2, 0.25) is 5.95 Å². The quantitative estimate of drug-likeness (QED) is 0.549. The van der Waals surface area contributed by atoms with E-state index in [4.69, 9.17) is 9.72 Å². The van der Waals surface area contributed by atoms with Crippen molar-refractivity contribution < 1.29 is 14.2 Å². The second-order valence-corrected chi connectivity index (χ2v) is 9.94. The van der Waals surface area contributed by atoms with Crippen LogP contribution >= 0.6 is 0 Å². The average molecular weight is 482 g/mol. The Labute approximate surface area is 204 Å². The average Bonchev–Trinajstić information content (AvgIpc) is 2.80. The van der Waals surface area contributed by atoms with E-state index in [1.807, 2.05) is 18.5 Å². The van der Waals surface area contributed by atoms with E-state index >= 15 is 0 Å². The Morgan fingerprint density at radius 3 is 2.66 bits per heavy atom. The van der Waals surface area contributed by atoms with Crippen LogP contribution in [-0.4, -0.2) is 76.2 Å². The number of fused-ring (bicyclic) bond motifs is 1. The third-order valence-corrected chi connectivity index (χ3v) is 6.93. The molecule has 0 bridgehead atoms. The Balaban J connectivity index is 1.42. The fourth-order valence-corrected chi connectivity index (χ4v) is 4.69. The third kappa shape index (κ3) is 4.60. The molecule has 0 spiro atoms. The van der Waals surface area contributed by atoms with Gasteiger partial charge in [-0.05, 0) is 42.3 Å². The van der Waals surface area contributed by atoms with E-state index < -0.39 is 11.8 Å². The first-order valence-electron chi connectivity index (χ1n) is 12.0. The molecule has 9 nitrogen and oxygen atoms in total. The normalized spacial score (nSPS) is 23.1. The van der Waals surface area contributed by atoms with Gasteiger partial charge < -0.3 is 25.0 Å². The predicted octanol–water partition coefficient (Wildman–Crippen LogP) is 3.42. The van der Waals surface area contributed by atoms with Gasteiger partial charge in [-0.1, -0.05) is 13.8 Å². The lowest BCUT2D eigenvalue weighted by molar-refractivity contribution is -0.00860. The van der Waals surface area contributed by atoms with Crippen LogP contribution in [0.5, 0.6) is 0 Å². The van der Waals surface area contributed by atoms with Crippen LogP contribution in [0.15, 0.2) is 30.7 Å². The molecule has 10 heteroatoms. The summed E-state index contributed by atoms with van der Waals surface area (Å²) in [7, 11) is 1.73. The maximum absolute atomic E-state index is 14.7. The standard InChI is InChI=1S/C25H32FN7O2/c1-15(2)18-10-29-23(33-12-16(13-33)35-4)19-11-28-22(9-17(18)19)30-21-5-7-27-24(31-21)32-8-6-20(34)25(3,26)14-32/h5,7,9-11,15-16,20,34H,6,8,12-14H2,1-4H3,(H,27,28,30,31)/t20-,25+/m1/s1. The van der Waals surface area contributed by atoms with Gasteiger partial charge in [0, 0.05) is 50.7 Å². The summed E-state index contributed by atoms with van der Waals surface area (Å²) in [5.74, 6) is 2.87. The summed E-state index contributed by atoms with van der Waals surface area (Å²) >= 11 is 0. The van der Waals surface area contributed by atoms with Crippen LogP contribution in [0.25, 0.3) is 10.8 Å². The molecule has 0 aromatic carbocycles. The molecule has 2 aliphatic heterocycles. The van der Waals surface area contributed by atoms with Gasteiger partial charge in [-0.25, -0.2) is 19.3 Å². The number of halogens is 1. The maximum atomic E-state index is 14.7. The third-order valence-electron chi connectivity index (χ3n) is 6.93. The van der Waals surface area contributed by atoms with E-state index in [0.29, 0.717) is 36.5 Å². The fraction of sp³-hybridized carbons (Fsp3) is 0.520. The molecule has 2 fully saturated rings. The molecule has 2 aliphatic rings. The topological polar surface area (TPSA) is 99.5 Å². The van der Waals surface area contributed by atoms with Crippen molar-refractivity contribution in [3.05, 3.63) is 36.3 Å². The second kappa shape index (κ2) is 9.16. The molecule has 2 atom stereocenters. The van der Waals surface area contributed by atoms with Crippen molar-refractivity contribution in [3.63, 3.8) is 0 Å². The molecule has 5 rings (SSSR count). The molecule has 0 amide bonds. The Kier molecular flexibility index (Phi) is 6.18. The van der Waals surface area contributed by atoms with E-state index in [0.717, 1.165) is 35.2 Å². The Bertz CT molecular complexity index is 1220. The first-order valence-corrected chi connectivity index (χ1v) is 12.0. The fourth-order valence-electron chi connectivity index (χ4n) is 4.69. The number of pyridine rings is 2. The predicted molar refractivity (Wildman–Crippen MR) is 134 cm³/mol. The number of aromatic nitrogens is 4. The monoisotopic (exact) mass is 481 g/mol. The molecule has 0 unspecified atom stereocenters. The summed E-state index contributed by atoms with van der Waals surface area (Å²) in [6.45, 7) is 7.88. The molecule has 186 valence electrons. The van der Waals surface area contributed by atoms with Gasteiger partial charge in [-0.3, -0.25) is 0 Å². The van der Waals surface area contributed by atoms with Crippen LogP contribution in [0.1, 0.15) is 38.7 Å². The summed E-state index contributed by atoms with van der Waals surface area (Å²) < 4.78 is 20.1. The van der Waals surface area contributed by atoms with Crippen molar-refractivity contribution in [1.29, 1.82) is 0 Å². The molecule has 35 heavy (non-hydrogen) atoms. The van der Waals surface area contributed by atoms with Crippen LogP contribution in [0.3, 0.4) is 0 Å². The number of rotatable bonds is 6. The van der Waals surface area contributed by atoms with Crippen molar-refractivity contribution in [2.24, 2.45) is 0 Å². The van der Waals surface area contributed by atoms with Gasteiger partial charge in [0.25, 0.3) is 0 Å². The molecule has 0 aliphatic carbocycles. The van der Waals surface area contributed by atoms with Crippen molar-refractivity contribution in [2.45, 2.75) is 51.0 Å². The Hall–Kier alpha value is -3.11. The summed E-state index contributed by atoms with van der Waals surface area (Å²) in [6, 6.07) is 3.79. The van der Waals surface area contributed by atoms with Crippen molar-refractivity contribution in [1.82, 2.24) is 19.9 Å². The van der Waals surface area contributed by atoms with Crippen LogP contribution in [-0.2, 0) is 4.74 Å². The Morgan fingerprint density at radius 2 is 1.94 bits per heavy atom. The molecule has 0 radical (unpaired) electrons. The van der Waals surface area contributed by atoms with E-state index in [-0.39, 0.29) is 12.6 Å². The van der Waals surface area contributed by atoms with Gasteiger partial charge in [0.1, 0.15) is 17.5 Å². The highest BCUT2D eigenvalue weighted by molar-refractivity contribution is 5.96. The Morgan fingerprint density at radius 1 is 1.14 bits per heavy atom. The smallest absolute Gasteiger partial charge is 0.227 e. The molecule has 2 N–H and O–H groups in total. The molecular weight excluding hydrogens is 449 g/mol. The van der Waals surface area contributed by atoms with Crippen molar-refractivity contribution in [3.8, 4) is 0 Å². The number of nitrogens with one attached hydrogen (secondary N) is 1. The largest absolute Gasteiger partial charge is 0.390 e. The van der Waals surface area contributed by atoms with Crippen molar-refractivity contribution in [2.75, 3.05) is 48.4 Å². The highest BCUT2D eigenvalue weighted by Crippen LogP contribution is 2.34. The summed E-state index contributed by atoms with van der Waals surface area (Å²) in [5.41, 5.74) is -0.556. The number of aliphatic hydroxyl groups excluding tert-OH is 1. The minimum Gasteiger partial charge on any atom is -0.390 e. The molecule has 3 aromatic heterocycles. The minimum absolute atomic E-state index is 0.0415. The number of ether oxygens (including phenoxy) is 1. The highest BCUT2D eigenvalue weighted by atomic mass is 19.1. The van der Waals surface area contributed by atoms with Crippen LogP contribution in [0.4, 0.5) is 27.8 Å². The number of hydrogen-bond acceptors (Lipinski definition) is 9. The van der Waals surface area contributed by atoms with E-state index in [9.17, 15) is 9.50 Å². The van der Waals surface area contributed by atoms with Crippen LogP contribution in [0, 0.1) is 0 Å². The molecule has 0 saturated carbocycles. The van der Waals surface area contributed by atoms with Crippen LogP contribution < -0.4 is 15.1 Å². The number of aliphatic hydroxyl groups is 1. The highest BCUT2D eigenvalue weighted by Gasteiger charge is 2.39. The first kappa shape index (κ1) is 23.6. The second-order valence-electron chi connectivity index (χ2n) is 9.94. The molecule has 5 heterocycles. The zero-order valence-electron chi connectivity index (χ0n) is 20.6. The first-order chi connectivity index (χ1) is 16.7. The zero-order chi connectivity index (χ0) is 24.7. The SMILES string of the molecule is COC1CN(c2ncc(C(C)C)c3cc(Nc4ccnc(N5CC[C@@H](O)[C@@](C)(F)C5)n4)ncc23)C1. The van der Waals surface area contributed by atoms with Crippen molar-refractivity contribution >= 4 is 34.2 Å². The number of methoxy groups -OCH3 is 1. The minimum atomic E-state index is -1.70. The summed E-state index contributed by atoms with van der Waals surface area (Å²) in [6.07, 6.45) is 5.03. The molecule has 3 aromatic rings. The number of hydrogen-bond donors (Lipinski definition) is 2. The molecular formula is C25H32FN7O2. The summed E-state index contributed by atoms with van der Waals surface area (Å²) in [4.78, 5) is 22.3. The lowest BCUT2D eigenvalue weighted by Gasteiger charge is -2.39. The summed E-state index contributed by atoms with van der Waals surface area (Å²) in [5, 5.41) is 15.3. The molecule has 2 saturated heterocycles. The maximum Gasteiger partial charge on any atom is 0.227 e. The number of nitrogens with zero attached hydrogens (tertiary/aromatic N) is 6. The lowest BCUT2D eigenvalue weighted by Crippen LogP contribution is -2.52. The lowest BCUT2D eigenvalue weighted by atomic mass is 9.94. The van der Waals surface area contributed by atoms with E-state index in [1.54, 1.807) is 24.3 Å². The van der Waals surface area contributed by atoms with Gasteiger partial charge in [0.05, 0.1) is 18.8 Å². The van der Waals surface area contributed by atoms with E-state index in [2.05, 4.69) is 39.0 Å². The zero-order valence-corrected chi connectivity index (χ0v) is 20.6. The number of piperidine rings is 1.